The maximum Gasteiger partial charge on any atom is 0.333 e. The molecular formula is C16H22N2O5. The molecule has 0 bridgehead atoms. The van der Waals surface area contributed by atoms with E-state index in [2.05, 4.69) is 0 Å². The maximum absolute atomic E-state index is 13.0. The Morgan fingerprint density at radius 1 is 1.26 bits per heavy atom. The van der Waals surface area contributed by atoms with Gasteiger partial charge in [0, 0.05) is 18.0 Å². The molecule has 2 unspecified atom stereocenters. The molecule has 2 atom stereocenters. The third-order valence-corrected chi connectivity index (χ3v) is 3.94. The summed E-state index contributed by atoms with van der Waals surface area (Å²) < 4.78 is 5.37. The molecule has 2 rings (SSSR count). The van der Waals surface area contributed by atoms with Crippen LogP contribution in [-0.2, 0) is 14.3 Å². The lowest BCUT2D eigenvalue weighted by Gasteiger charge is -2.35. The van der Waals surface area contributed by atoms with E-state index in [1.165, 1.54) is 29.2 Å². The molecule has 0 aromatic carbocycles. The molecule has 126 valence electrons. The van der Waals surface area contributed by atoms with Gasteiger partial charge >= 0.3 is 5.97 Å². The van der Waals surface area contributed by atoms with E-state index < -0.39 is 33.9 Å². The number of hydrogen-bond donors (Lipinski definition) is 0. The zero-order valence-corrected chi connectivity index (χ0v) is 13.7. The Kier molecular flexibility index (Phi) is 4.58. The number of carbonyl (C=O) groups is 2. The molecule has 1 aliphatic heterocycles. The molecule has 1 amide bonds. The van der Waals surface area contributed by atoms with Gasteiger partial charge < -0.3 is 9.64 Å². The van der Waals surface area contributed by atoms with E-state index in [0.29, 0.717) is 13.1 Å². The van der Waals surface area contributed by atoms with E-state index in [1.807, 2.05) is 0 Å². The minimum atomic E-state index is -1.93. The van der Waals surface area contributed by atoms with E-state index in [4.69, 9.17) is 4.74 Å². The van der Waals surface area contributed by atoms with Gasteiger partial charge in [-0.15, -0.1) is 0 Å². The molecule has 7 heteroatoms. The van der Waals surface area contributed by atoms with Crippen LogP contribution in [-0.4, -0.2) is 46.4 Å². The fraction of sp³-hybridized carbons (Fsp3) is 0.625. The summed E-state index contributed by atoms with van der Waals surface area (Å²) in [7, 11) is 0. The van der Waals surface area contributed by atoms with Gasteiger partial charge in [-0.25, -0.2) is 0 Å². The minimum absolute atomic E-state index is 0.505. The summed E-state index contributed by atoms with van der Waals surface area (Å²) in [6.07, 6.45) is 7.23. The van der Waals surface area contributed by atoms with E-state index in [9.17, 15) is 19.7 Å². The van der Waals surface area contributed by atoms with Gasteiger partial charge in [-0.05, 0) is 39.7 Å². The molecule has 0 radical (unpaired) electrons. The number of amides is 1. The highest BCUT2D eigenvalue weighted by Crippen LogP contribution is 2.36. The Hall–Kier alpha value is -2.18. The van der Waals surface area contributed by atoms with Crippen molar-refractivity contribution in [3.8, 4) is 0 Å². The first-order valence-corrected chi connectivity index (χ1v) is 7.71. The molecule has 1 saturated heterocycles. The first kappa shape index (κ1) is 17.2. The van der Waals surface area contributed by atoms with E-state index in [1.54, 1.807) is 20.8 Å². The Labute approximate surface area is 135 Å². The Morgan fingerprint density at radius 2 is 1.87 bits per heavy atom. The van der Waals surface area contributed by atoms with Crippen molar-refractivity contribution in [2.75, 3.05) is 13.1 Å². The third-order valence-electron chi connectivity index (χ3n) is 3.94. The summed E-state index contributed by atoms with van der Waals surface area (Å²) in [6.45, 7) is 6.02. The smallest absolute Gasteiger partial charge is 0.333 e. The van der Waals surface area contributed by atoms with Gasteiger partial charge in [-0.2, -0.15) is 0 Å². The van der Waals surface area contributed by atoms with Crippen LogP contribution in [0.25, 0.3) is 0 Å². The number of likely N-dealkylation sites (tertiary alicyclic amines) is 1. The molecule has 2 aliphatic rings. The molecule has 23 heavy (non-hydrogen) atoms. The normalized spacial score (nSPS) is 27.1. The summed E-state index contributed by atoms with van der Waals surface area (Å²) in [6, 6.07) is -1.46. The Morgan fingerprint density at radius 3 is 2.39 bits per heavy atom. The van der Waals surface area contributed by atoms with Crippen molar-refractivity contribution in [2.24, 2.45) is 5.41 Å². The average molecular weight is 322 g/mol. The van der Waals surface area contributed by atoms with Crippen molar-refractivity contribution in [3.63, 3.8) is 0 Å². The monoisotopic (exact) mass is 322 g/mol. The van der Waals surface area contributed by atoms with E-state index >= 15 is 0 Å². The highest BCUT2D eigenvalue weighted by molar-refractivity contribution is 6.06. The van der Waals surface area contributed by atoms with Crippen LogP contribution in [0, 0.1) is 15.5 Å². The van der Waals surface area contributed by atoms with Gasteiger partial charge in [0.15, 0.2) is 0 Å². The summed E-state index contributed by atoms with van der Waals surface area (Å²) in [5.74, 6) is -1.42. The van der Waals surface area contributed by atoms with Crippen LogP contribution in [0.1, 0.15) is 33.6 Å². The van der Waals surface area contributed by atoms with Crippen LogP contribution in [0.3, 0.4) is 0 Å². The van der Waals surface area contributed by atoms with E-state index in [0.717, 1.165) is 12.8 Å². The van der Waals surface area contributed by atoms with Gasteiger partial charge in [0.2, 0.25) is 5.41 Å². The lowest BCUT2D eigenvalue weighted by atomic mass is 9.76. The highest BCUT2D eigenvalue weighted by Gasteiger charge is 2.60. The van der Waals surface area contributed by atoms with Crippen LogP contribution in [0.4, 0.5) is 0 Å². The number of allylic oxidation sites excluding steroid dienone is 2. The minimum Gasteiger partial charge on any atom is -0.459 e. The van der Waals surface area contributed by atoms with E-state index in [-0.39, 0.29) is 0 Å². The highest BCUT2D eigenvalue weighted by atomic mass is 16.6. The van der Waals surface area contributed by atoms with Crippen LogP contribution < -0.4 is 0 Å². The van der Waals surface area contributed by atoms with Crippen LogP contribution in [0.15, 0.2) is 24.3 Å². The zero-order valence-electron chi connectivity index (χ0n) is 13.7. The van der Waals surface area contributed by atoms with Crippen LogP contribution >= 0.6 is 0 Å². The molecule has 1 heterocycles. The van der Waals surface area contributed by atoms with Gasteiger partial charge in [0.05, 0.1) is 0 Å². The van der Waals surface area contributed by atoms with Crippen LogP contribution in [0.2, 0.25) is 0 Å². The summed E-state index contributed by atoms with van der Waals surface area (Å²) >= 11 is 0. The topological polar surface area (TPSA) is 89.8 Å². The zero-order chi connectivity index (χ0) is 17.3. The molecule has 7 nitrogen and oxygen atoms in total. The molecule has 0 N–H and O–H groups in total. The lowest BCUT2D eigenvalue weighted by Crippen LogP contribution is -2.57. The molecule has 0 saturated carbocycles. The summed E-state index contributed by atoms with van der Waals surface area (Å²) in [4.78, 5) is 38.2. The predicted molar refractivity (Wildman–Crippen MR) is 83.2 cm³/mol. The second kappa shape index (κ2) is 6.14. The number of nitrogens with zero attached hydrogens (tertiary/aromatic N) is 2. The van der Waals surface area contributed by atoms with Crippen molar-refractivity contribution in [1.29, 1.82) is 0 Å². The fourth-order valence-corrected chi connectivity index (χ4v) is 2.88. The average Bonchev–Trinajstić information content (AvgIpc) is 2.98. The first-order chi connectivity index (χ1) is 10.7. The molecular weight excluding hydrogens is 300 g/mol. The Balaban J connectivity index is 2.47. The quantitative estimate of drug-likeness (QED) is 0.341. The predicted octanol–water partition coefficient (Wildman–Crippen LogP) is 1.71. The molecule has 1 fully saturated rings. The maximum atomic E-state index is 13.0. The number of carbonyl (C=O) groups excluding carboxylic acids is 2. The van der Waals surface area contributed by atoms with Gasteiger partial charge in [0.1, 0.15) is 5.60 Å². The van der Waals surface area contributed by atoms with Crippen molar-refractivity contribution in [1.82, 2.24) is 4.90 Å². The largest absolute Gasteiger partial charge is 0.459 e. The number of hydrogen-bond acceptors (Lipinski definition) is 5. The third kappa shape index (κ3) is 3.28. The van der Waals surface area contributed by atoms with Crippen molar-refractivity contribution in [2.45, 2.75) is 45.3 Å². The number of nitro groups is 1. The first-order valence-electron chi connectivity index (χ1n) is 7.71. The Bertz CT molecular complexity index is 570. The standard InChI is InChI=1S/C16H22N2O5/c1-15(2,3)23-14(20)16(13(19)17-10-6-7-11-17)9-5-4-8-12(16)18(21)22/h4-5,8-9,12H,6-7,10-11H2,1-3H3. The molecule has 0 spiro atoms. The summed E-state index contributed by atoms with van der Waals surface area (Å²) in [5.41, 5.74) is -2.78. The summed E-state index contributed by atoms with van der Waals surface area (Å²) in [5, 5.41) is 11.5. The number of rotatable bonds is 3. The van der Waals surface area contributed by atoms with Crippen LogP contribution in [0.5, 0.6) is 0 Å². The second-order valence-electron chi connectivity index (χ2n) is 6.84. The lowest BCUT2D eigenvalue weighted by molar-refractivity contribution is -0.520. The molecule has 0 aromatic rings. The SMILES string of the molecule is CC(C)(C)OC(=O)C1(C(=O)N2CCCC2)C=CC=CC1[N+](=O)[O-]. The van der Waals surface area contributed by atoms with Gasteiger partial charge in [-0.1, -0.05) is 18.2 Å². The van der Waals surface area contributed by atoms with Gasteiger partial charge in [-0.3, -0.25) is 19.7 Å². The fourth-order valence-electron chi connectivity index (χ4n) is 2.88. The van der Waals surface area contributed by atoms with Crippen molar-refractivity contribution < 1.29 is 19.2 Å². The second-order valence-corrected chi connectivity index (χ2v) is 6.84. The molecule has 1 aliphatic carbocycles. The number of ether oxygens (including phenoxy) is 1. The molecule has 0 aromatic heterocycles. The number of esters is 1. The van der Waals surface area contributed by atoms with Gasteiger partial charge in [0.25, 0.3) is 11.9 Å². The van der Waals surface area contributed by atoms with Crippen molar-refractivity contribution in [3.05, 3.63) is 34.4 Å². The van der Waals surface area contributed by atoms with Crippen molar-refractivity contribution >= 4 is 11.9 Å².